The van der Waals surface area contributed by atoms with E-state index in [4.69, 9.17) is 0 Å². The van der Waals surface area contributed by atoms with E-state index in [1.54, 1.807) is 11.3 Å². The highest BCUT2D eigenvalue weighted by atomic mass is 79.9. The summed E-state index contributed by atoms with van der Waals surface area (Å²) in [7, 11) is 2.03. The first-order valence-electron chi connectivity index (χ1n) is 5.78. The van der Waals surface area contributed by atoms with Gasteiger partial charge in [0.15, 0.2) is 0 Å². The lowest BCUT2D eigenvalue weighted by molar-refractivity contribution is 0.562. The van der Waals surface area contributed by atoms with Gasteiger partial charge in [0, 0.05) is 28.8 Å². The van der Waals surface area contributed by atoms with E-state index in [1.807, 2.05) is 19.4 Å². The third kappa shape index (κ3) is 3.04. The molecule has 0 radical (unpaired) electrons. The highest BCUT2D eigenvalue weighted by Gasteiger charge is 2.20. The van der Waals surface area contributed by atoms with Crippen molar-refractivity contribution in [1.82, 2.24) is 14.9 Å². The lowest BCUT2D eigenvalue weighted by Crippen LogP contribution is -2.25. The van der Waals surface area contributed by atoms with Gasteiger partial charge in [-0.25, -0.2) is 4.98 Å². The Kier molecular flexibility index (Phi) is 5.00. The van der Waals surface area contributed by atoms with E-state index in [9.17, 15) is 0 Å². The number of hydrogen-bond acceptors (Lipinski definition) is 3. The lowest BCUT2D eigenvalue weighted by atomic mass is 10.2. The van der Waals surface area contributed by atoms with Crippen molar-refractivity contribution in [2.24, 2.45) is 7.05 Å². The zero-order valence-corrected chi connectivity index (χ0v) is 14.3. The molecule has 6 heteroatoms. The molecule has 2 aromatic rings. The third-order valence-electron chi connectivity index (χ3n) is 2.66. The molecule has 0 amide bonds. The number of aromatic nitrogens is 2. The Hall–Kier alpha value is -0.170. The number of nitrogens with zero attached hydrogens (tertiary/aromatic N) is 2. The van der Waals surface area contributed by atoms with E-state index in [2.05, 4.69) is 59.7 Å². The van der Waals surface area contributed by atoms with Crippen LogP contribution in [0.3, 0.4) is 0 Å². The van der Waals surface area contributed by atoms with Gasteiger partial charge in [0.2, 0.25) is 0 Å². The normalized spacial score (nSPS) is 12.9. The predicted octanol–water partition coefficient (Wildman–Crippen LogP) is 4.10. The van der Waals surface area contributed by atoms with Crippen molar-refractivity contribution in [3.05, 3.63) is 37.4 Å². The van der Waals surface area contributed by atoms with Crippen LogP contribution in [0.5, 0.6) is 0 Å². The number of imidazole rings is 1. The van der Waals surface area contributed by atoms with Crippen molar-refractivity contribution in [2.75, 3.05) is 6.54 Å². The summed E-state index contributed by atoms with van der Waals surface area (Å²) in [5.41, 5.74) is 0. The average molecular weight is 393 g/mol. The van der Waals surface area contributed by atoms with Crippen LogP contribution in [0.2, 0.25) is 0 Å². The molecule has 0 saturated heterocycles. The van der Waals surface area contributed by atoms with Crippen molar-refractivity contribution in [3.8, 4) is 0 Å². The minimum atomic E-state index is 0.151. The van der Waals surface area contributed by atoms with Gasteiger partial charge >= 0.3 is 0 Å². The number of hydrogen-bond donors (Lipinski definition) is 1. The summed E-state index contributed by atoms with van der Waals surface area (Å²) >= 11 is 8.83. The molecule has 0 aliphatic heterocycles. The van der Waals surface area contributed by atoms with Crippen LogP contribution >= 0.6 is 43.2 Å². The minimum absolute atomic E-state index is 0.151. The molecule has 1 N–H and O–H groups in total. The van der Waals surface area contributed by atoms with E-state index >= 15 is 0 Å². The maximum Gasteiger partial charge on any atom is 0.131 e. The number of nitrogens with one attached hydrogen (secondary N) is 1. The summed E-state index contributed by atoms with van der Waals surface area (Å²) in [5.74, 6) is 1.05. The summed E-state index contributed by atoms with van der Waals surface area (Å²) in [5, 5.41) is 3.55. The second-order valence-electron chi connectivity index (χ2n) is 4.05. The molecule has 0 saturated carbocycles. The van der Waals surface area contributed by atoms with Crippen LogP contribution in [-0.2, 0) is 7.05 Å². The summed E-state index contributed by atoms with van der Waals surface area (Å²) < 4.78 is 4.28. The topological polar surface area (TPSA) is 29.9 Å². The van der Waals surface area contributed by atoms with Gasteiger partial charge in [-0.15, -0.1) is 11.3 Å². The minimum Gasteiger partial charge on any atom is -0.336 e. The molecule has 1 atom stereocenters. The fourth-order valence-electron chi connectivity index (χ4n) is 1.77. The summed E-state index contributed by atoms with van der Waals surface area (Å²) in [4.78, 5) is 5.72. The molecular weight excluding hydrogens is 378 g/mol. The van der Waals surface area contributed by atoms with E-state index in [0.717, 1.165) is 27.0 Å². The zero-order valence-electron chi connectivity index (χ0n) is 10.3. The Morgan fingerprint density at radius 3 is 2.78 bits per heavy atom. The smallest absolute Gasteiger partial charge is 0.131 e. The van der Waals surface area contributed by atoms with Crippen molar-refractivity contribution in [2.45, 2.75) is 19.4 Å². The quantitative estimate of drug-likeness (QED) is 0.830. The Morgan fingerprint density at radius 1 is 1.50 bits per heavy atom. The molecule has 2 rings (SSSR count). The van der Waals surface area contributed by atoms with Crippen molar-refractivity contribution >= 4 is 43.2 Å². The second kappa shape index (κ2) is 6.32. The fraction of sp³-hybridized carbons (Fsp3) is 0.417. The molecule has 0 aromatic carbocycles. The van der Waals surface area contributed by atoms with Crippen molar-refractivity contribution < 1.29 is 0 Å². The SMILES string of the molecule is CCCNC(c1cc(Br)c(Br)s1)c1nccn1C. The first-order valence-corrected chi connectivity index (χ1v) is 8.19. The summed E-state index contributed by atoms with van der Waals surface area (Å²) in [6, 6.07) is 2.30. The van der Waals surface area contributed by atoms with Crippen molar-refractivity contribution in [3.63, 3.8) is 0 Å². The maximum absolute atomic E-state index is 4.46. The second-order valence-corrected chi connectivity index (χ2v) is 7.31. The maximum atomic E-state index is 4.46. The summed E-state index contributed by atoms with van der Waals surface area (Å²) in [6.45, 7) is 3.15. The van der Waals surface area contributed by atoms with Gasteiger partial charge in [0.25, 0.3) is 0 Å². The number of halogens is 2. The van der Waals surface area contributed by atoms with Crippen molar-refractivity contribution in [1.29, 1.82) is 0 Å². The molecule has 0 spiro atoms. The van der Waals surface area contributed by atoms with E-state index < -0.39 is 0 Å². The molecule has 18 heavy (non-hydrogen) atoms. The highest BCUT2D eigenvalue weighted by molar-refractivity contribution is 9.13. The molecule has 98 valence electrons. The first-order chi connectivity index (χ1) is 8.63. The molecule has 0 aliphatic carbocycles. The molecular formula is C12H15Br2N3S. The van der Waals surface area contributed by atoms with Crippen LogP contribution in [0.4, 0.5) is 0 Å². The highest BCUT2D eigenvalue weighted by Crippen LogP contribution is 2.37. The predicted molar refractivity (Wildman–Crippen MR) is 83.1 cm³/mol. The van der Waals surface area contributed by atoms with Gasteiger partial charge in [-0.05, 0) is 50.9 Å². The van der Waals surface area contributed by atoms with Crippen LogP contribution in [0.1, 0.15) is 30.1 Å². The average Bonchev–Trinajstić information content (AvgIpc) is 2.88. The molecule has 3 nitrogen and oxygen atoms in total. The van der Waals surface area contributed by atoms with Gasteiger partial charge < -0.3 is 9.88 Å². The van der Waals surface area contributed by atoms with Crippen LogP contribution in [0.25, 0.3) is 0 Å². The van der Waals surface area contributed by atoms with Crippen LogP contribution < -0.4 is 5.32 Å². The fourth-order valence-corrected chi connectivity index (χ4v) is 3.93. The van der Waals surface area contributed by atoms with Gasteiger partial charge in [0.05, 0.1) is 3.79 Å². The zero-order chi connectivity index (χ0) is 13.1. The molecule has 0 fully saturated rings. The monoisotopic (exact) mass is 391 g/mol. The Bertz CT molecular complexity index is 502. The third-order valence-corrected chi connectivity index (χ3v) is 5.98. The van der Waals surface area contributed by atoms with E-state index in [-0.39, 0.29) is 6.04 Å². The Morgan fingerprint density at radius 2 is 2.28 bits per heavy atom. The number of rotatable bonds is 5. The van der Waals surface area contributed by atoms with E-state index in [0.29, 0.717) is 0 Å². The first kappa shape index (κ1) is 14.2. The number of thiophene rings is 1. The molecule has 0 aliphatic rings. The Balaban J connectivity index is 2.33. The van der Waals surface area contributed by atoms with Gasteiger partial charge in [-0.3, -0.25) is 0 Å². The standard InChI is InChI=1S/C12H15Br2N3S/c1-3-4-15-10(12-16-5-6-17(12)2)9-7-8(13)11(14)18-9/h5-7,10,15H,3-4H2,1-2H3. The van der Waals surface area contributed by atoms with Gasteiger partial charge in [0.1, 0.15) is 11.9 Å². The molecule has 2 heterocycles. The summed E-state index contributed by atoms with van der Waals surface area (Å²) in [6.07, 6.45) is 4.93. The molecule has 1 unspecified atom stereocenters. The van der Waals surface area contributed by atoms with Crippen LogP contribution in [-0.4, -0.2) is 16.1 Å². The Labute approximate surface area is 128 Å². The molecule has 0 bridgehead atoms. The van der Waals surface area contributed by atoms with Crippen LogP contribution in [0, 0.1) is 0 Å². The van der Waals surface area contributed by atoms with E-state index in [1.165, 1.54) is 4.88 Å². The molecule has 2 aromatic heterocycles. The van der Waals surface area contributed by atoms with Gasteiger partial charge in [-0.1, -0.05) is 6.92 Å². The van der Waals surface area contributed by atoms with Gasteiger partial charge in [-0.2, -0.15) is 0 Å². The largest absolute Gasteiger partial charge is 0.336 e. The lowest BCUT2D eigenvalue weighted by Gasteiger charge is -2.16. The number of aryl methyl sites for hydroxylation is 1. The van der Waals surface area contributed by atoms with Crippen LogP contribution in [0.15, 0.2) is 26.7 Å².